The molecule has 0 aliphatic rings. The molecule has 66 valence electrons. The molecule has 0 heterocycles. The minimum Gasteiger partial charge on any atom is -0.340 e. The molecule has 0 aliphatic heterocycles. The maximum absolute atomic E-state index is 8.58. The minimum absolute atomic E-state index is 0.417. The van der Waals surface area contributed by atoms with Crippen LogP contribution in [0.25, 0.3) is 10.8 Å². The summed E-state index contributed by atoms with van der Waals surface area (Å²) in [5.74, 6) is 0.417. The lowest BCUT2D eigenvalue weighted by Crippen LogP contribution is -1.85. The minimum atomic E-state index is 0.417. The van der Waals surface area contributed by atoms with E-state index in [-0.39, 0.29) is 0 Å². The normalized spacial score (nSPS) is 10.3. The highest BCUT2D eigenvalue weighted by Gasteiger charge is 2.04. The Balaban J connectivity index is 2.84. The summed E-state index contributed by atoms with van der Waals surface area (Å²) in [6.45, 7) is 0. The molecule has 2 nitrogen and oxygen atoms in total. The lowest BCUT2D eigenvalue weighted by atomic mass is 10.1. The van der Waals surface area contributed by atoms with Crippen molar-refractivity contribution in [2.24, 2.45) is 0 Å². The summed E-state index contributed by atoms with van der Waals surface area (Å²) in [5, 5.41) is 10.9. The number of rotatable bonds is 1. The van der Waals surface area contributed by atoms with E-state index in [0.29, 0.717) is 10.8 Å². The highest BCUT2D eigenvalue weighted by atomic mass is 35.5. The van der Waals surface area contributed by atoms with Gasteiger partial charge >= 0.3 is 0 Å². The Hall–Kier alpha value is -1.25. The highest BCUT2D eigenvalue weighted by Crippen LogP contribution is 2.30. The van der Waals surface area contributed by atoms with E-state index in [0.717, 1.165) is 10.8 Å². The molecule has 3 heteroatoms. The van der Waals surface area contributed by atoms with Gasteiger partial charge in [0.2, 0.25) is 0 Å². The van der Waals surface area contributed by atoms with Gasteiger partial charge in [0.1, 0.15) is 0 Å². The molecular formula is C10H7ClO2. The molecule has 0 saturated heterocycles. The number of benzene rings is 2. The summed E-state index contributed by atoms with van der Waals surface area (Å²) in [4.78, 5) is 4.22. The second kappa shape index (κ2) is 3.24. The topological polar surface area (TPSA) is 29.5 Å². The van der Waals surface area contributed by atoms with Crippen molar-refractivity contribution in [1.82, 2.24) is 0 Å². The largest absolute Gasteiger partial charge is 0.340 e. The molecule has 0 atom stereocenters. The fourth-order valence-electron chi connectivity index (χ4n) is 1.31. The van der Waals surface area contributed by atoms with Crippen LogP contribution >= 0.6 is 11.6 Å². The van der Waals surface area contributed by atoms with Crippen LogP contribution in [0.1, 0.15) is 0 Å². The van der Waals surface area contributed by atoms with Gasteiger partial charge in [0, 0.05) is 15.8 Å². The maximum Gasteiger partial charge on any atom is 0.173 e. The fourth-order valence-corrected chi connectivity index (χ4v) is 1.54. The van der Waals surface area contributed by atoms with Crippen molar-refractivity contribution in [3.8, 4) is 5.75 Å². The van der Waals surface area contributed by atoms with E-state index in [4.69, 9.17) is 16.9 Å². The lowest BCUT2D eigenvalue weighted by molar-refractivity contribution is -0.136. The number of hydrogen-bond acceptors (Lipinski definition) is 2. The molecule has 2 aromatic carbocycles. The predicted octanol–water partition coefficient (Wildman–Crippen LogP) is 3.35. The van der Waals surface area contributed by atoms with Crippen LogP contribution < -0.4 is 4.89 Å². The van der Waals surface area contributed by atoms with Crippen LogP contribution in [0.5, 0.6) is 5.75 Å². The SMILES string of the molecule is OOc1ccc(Cl)c2ccccc12. The van der Waals surface area contributed by atoms with Gasteiger partial charge in [0.15, 0.2) is 5.75 Å². The van der Waals surface area contributed by atoms with E-state index in [9.17, 15) is 0 Å². The molecule has 0 bridgehead atoms. The Morgan fingerprint density at radius 2 is 1.69 bits per heavy atom. The van der Waals surface area contributed by atoms with Gasteiger partial charge in [-0.1, -0.05) is 35.9 Å². The Bertz CT molecular complexity index is 440. The Kier molecular flexibility index (Phi) is 2.08. The van der Waals surface area contributed by atoms with Crippen LogP contribution in [0.2, 0.25) is 5.02 Å². The zero-order valence-electron chi connectivity index (χ0n) is 6.70. The number of hydrogen-bond donors (Lipinski definition) is 1. The second-order valence-corrected chi connectivity index (χ2v) is 3.09. The van der Waals surface area contributed by atoms with Crippen molar-refractivity contribution in [2.75, 3.05) is 0 Å². The molecule has 0 saturated carbocycles. The monoisotopic (exact) mass is 194 g/mol. The van der Waals surface area contributed by atoms with Crippen LogP contribution in [0.4, 0.5) is 0 Å². The first-order chi connectivity index (χ1) is 6.33. The van der Waals surface area contributed by atoms with Crippen molar-refractivity contribution in [3.05, 3.63) is 41.4 Å². The third-order valence-electron chi connectivity index (χ3n) is 1.93. The van der Waals surface area contributed by atoms with Crippen LogP contribution in [0, 0.1) is 0 Å². The van der Waals surface area contributed by atoms with Gasteiger partial charge in [-0.15, -0.1) is 0 Å². The van der Waals surface area contributed by atoms with Crippen molar-refractivity contribution >= 4 is 22.4 Å². The van der Waals surface area contributed by atoms with Gasteiger partial charge in [0.25, 0.3) is 0 Å². The summed E-state index contributed by atoms with van der Waals surface area (Å²) in [5.41, 5.74) is 0. The molecule has 0 aromatic heterocycles. The van der Waals surface area contributed by atoms with E-state index in [2.05, 4.69) is 4.89 Å². The molecule has 0 radical (unpaired) electrons. The fraction of sp³-hybridized carbons (Fsp3) is 0. The first kappa shape index (κ1) is 8.35. The van der Waals surface area contributed by atoms with E-state index in [1.54, 1.807) is 12.1 Å². The van der Waals surface area contributed by atoms with Crippen LogP contribution in [0.15, 0.2) is 36.4 Å². The van der Waals surface area contributed by atoms with Crippen molar-refractivity contribution in [3.63, 3.8) is 0 Å². The Morgan fingerprint density at radius 3 is 2.38 bits per heavy atom. The molecule has 13 heavy (non-hydrogen) atoms. The van der Waals surface area contributed by atoms with Crippen molar-refractivity contribution in [1.29, 1.82) is 0 Å². The average Bonchev–Trinajstić information content (AvgIpc) is 2.19. The third kappa shape index (κ3) is 1.34. The zero-order valence-corrected chi connectivity index (χ0v) is 7.45. The average molecular weight is 195 g/mol. The van der Waals surface area contributed by atoms with E-state index >= 15 is 0 Å². The smallest absolute Gasteiger partial charge is 0.173 e. The summed E-state index contributed by atoms with van der Waals surface area (Å²) in [6, 6.07) is 10.8. The van der Waals surface area contributed by atoms with Gasteiger partial charge in [-0.3, -0.25) is 0 Å². The van der Waals surface area contributed by atoms with Crippen LogP contribution in [-0.4, -0.2) is 5.26 Å². The van der Waals surface area contributed by atoms with Gasteiger partial charge in [-0.2, -0.15) is 0 Å². The summed E-state index contributed by atoms with van der Waals surface area (Å²) < 4.78 is 0. The molecule has 0 aliphatic carbocycles. The first-order valence-electron chi connectivity index (χ1n) is 3.81. The van der Waals surface area contributed by atoms with Gasteiger partial charge < -0.3 is 4.89 Å². The maximum atomic E-state index is 8.58. The summed E-state index contributed by atoms with van der Waals surface area (Å²) in [7, 11) is 0. The summed E-state index contributed by atoms with van der Waals surface area (Å²) >= 11 is 5.95. The van der Waals surface area contributed by atoms with Crippen LogP contribution in [0.3, 0.4) is 0 Å². The highest BCUT2D eigenvalue weighted by molar-refractivity contribution is 6.35. The second-order valence-electron chi connectivity index (χ2n) is 2.68. The lowest BCUT2D eigenvalue weighted by Gasteiger charge is -2.03. The molecule has 0 fully saturated rings. The Morgan fingerprint density at radius 1 is 1.00 bits per heavy atom. The summed E-state index contributed by atoms with van der Waals surface area (Å²) in [6.07, 6.45) is 0. The van der Waals surface area contributed by atoms with Gasteiger partial charge in [-0.05, 0) is 12.1 Å². The molecule has 0 unspecified atom stereocenters. The molecular weight excluding hydrogens is 188 g/mol. The zero-order chi connectivity index (χ0) is 9.26. The van der Waals surface area contributed by atoms with Gasteiger partial charge in [0.05, 0.1) is 0 Å². The van der Waals surface area contributed by atoms with Gasteiger partial charge in [-0.25, -0.2) is 5.26 Å². The number of halogens is 1. The molecule has 2 aromatic rings. The van der Waals surface area contributed by atoms with Crippen molar-refractivity contribution < 1.29 is 10.1 Å². The van der Waals surface area contributed by atoms with E-state index in [1.165, 1.54) is 0 Å². The van der Waals surface area contributed by atoms with Crippen LogP contribution in [-0.2, 0) is 0 Å². The number of fused-ring (bicyclic) bond motifs is 1. The third-order valence-corrected chi connectivity index (χ3v) is 2.26. The molecule has 0 amide bonds. The quantitative estimate of drug-likeness (QED) is 0.557. The van der Waals surface area contributed by atoms with Crippen molar-refractivity contribution in [2.45, 2.75) is 0 Å². The first-order valence-corrected chi connectivity index (χ1v) is 4.19. The standard InChI is InChI=1S/C10H7ClO2/c11-9-5-6-10(13-12)8-4-2-1-3-7(8)9/h1-6,12H. The van der Waals surface area contributed by atoms with E-state index in [1.807, 2.05) is 24.3 Å². The molecule has 2 rings (SSSR count). The molecule has 1 N–H and O–H groups in total. The Labute approximate surface area is 80.3 Å². The predicted molar refractivity (Wildman–Crippen MR) is 52.2 cm³/mol. The molecule has 0 spiro atoms. The van der Waals surface area contributed by atoms with E-state index < -0.39 is 0 Å².